The summed E-state index contributed by atoms with van der Waals surface area (Å²) in [6, 6.07) is 0. The number of nitrogens with zero attached hydrogens (tertiary/aromatic N) is 1. The van der Waals surface area contributed by atoms with Crippen LogP contribution in [-0.4, -0.2) is 22.8 Å². The van der Waals surface area contributed by atoms with Gasteiger partial charge in [-0.25, -0.2) is 9.59 Å². The minimum atomic E-state index is -1.23. The molecule has 5 nitrogen and oxygen atoms in total. The molecule has 0 unspecified atom stereocenters. The van der Waals surface area contributed by atoms with Gasteiger partial charge in [0, 0.05) is 5.57 Å². The first-order chi connectivity index (χ1) is 5.45. The normalized spacial score (nSPS) is 10.7. The van der Waals surface area contributed by atoms with E-state index in [2.05, 4.69) is 16.6 Å². The van der Waals surface area contributed by atoms with Crippen molar-refractivity contribution in [1.29, 1.82) is 0 Å². The van der Waals surface area contributed by atoms with Crippen molar-refractivity contribution in [3.63, 3.8) is 0 Å². The second-order valence-electron chi connectivity index (χ2n) is 2.14. The van der Waals surface area contributed by atoms with E-state index in [9.17, 15) is 9.59 Å². The van der Waals surface area contributed by atoms with Crippen LogP contribution in [0.3, 0.4) is 0 Å². The summed E-state index contributed by atoms with van der Waals surface area (Å²) in [5, 5.41) is 11.3. The molecule has 0 spiro atoms. The maximum Gasteiger partial charge on any atom is 0.360 e. The van der Waals surface area contributed by atoms with Gasteiger partial charge in [-0.2, -0.15) is 0 Å². The van der Waals surface area contributed by atoms with Crippen molar-refractivity contribution >= 4 is 17.7 Å². The van der Waals surface area contributed by atoms with Crippen molar-refractivity contribution in [3.8, 4) is 0 Å². The Morgan fingerprint density at radius 1 is 1.42 bits per heavy atom. The Kier molecular flexibility index (Phi) is 3.69. The van der Waals surface area contributed by atoms with Gasteiger partial charge >= 0.3 is 11.9 Å². The Bertz CT molecular complexity index is 254. The van der Waals surface area contributed by atoms with Crippen LogP contribution in [0.2, 0.25) is 0 Å². The Balaban J connectivity index is 4.14. The number of rotatable bonds is 3. The van der Waals surface area contributed by atoms with Crippen LogP contribution in [0.25, 0.3) is 0 Å². The van der Waals surface area contributed by atoms with Gasteiger partial charge in [-0.1, -0.05) is 11.7 Å². The summed E-state index contributed by atoms with van der Waals surface area (Å²) in [7, 11) is 0. The molecule has 0 fully saturated rings. The van der Waals surface area contributed by atoms with Crippen LogP contribution in [-0.2, 0) is 14.4 Å². The molecule has 0 rings (SSSR count). The van der Waals surface area contributed by atoms with Gasteiger partial charge < -0.3 is 9.94 Å². The maximum atomic E-state index is 10.6. The van der Waals surface area contributed by atoms with Gasteiger partial charge in [0.25, 0.3) is 0 Å². The molecule has 66 valence electrons. The van der Waals surface area contributed by atoms with Gasteiger partial charge in [-0.15, -0.1) is 0 Å². The van der Waals surface area contributed by atoms with Gasteiger partial charge in [0.05, 0.1) is 0 Å². The molecule has 0 radical (unpaired) electrons. The van der Waals surface area contributed by atoms with Crippen LogP contribution >= 0.6 is 0 Å². The predicted octanol–water partition coefficient (Wildman–Crippen LogP) is 0.566. The fraction of sp³-hybridized carbons (Fsp3) is 0.286. The Hall–Kier alpha value is -1.65. The third kappa shape index (κ3) is 3.50. The fourth-order valence-corrected chi connectivity index (χ4v) is 0.227. The van der Waals surface area contributed by atoms with E-state index in [0.29, 0.717) is 0 Å². The number of carbonyl (C=O) groups is 2. The van der Waals surface area contributed by atoms with E-state index in [-0.39, 0.29) is 11.3 Å². The van der Waals surface area contributed by atoms with E-state index in [0.717, 1.165) is 0 Å². The third-order valence-electron chi connectivity index (χ3n) is 0.923. The maximum absolute atomic E-state index is 10.6. The molecular formula is C7H9NO4. The highest BCUT2D eigenvalue weighted by Gasteiger charge is 2.05. The summed E-state index contributed by atoms with van der Waals surface area (Å²) >= 11 is 0. The smallest absolute Gasteiger partial charge is 0.360 e. The first-order valence-corrected chi connectivity index (χ1v) is 3.10. The molecular weight excluding hydrogens is 162 g/mol. The Labute approximate surface area is 69.3 Å². The largest absolute Gasteiger partial charge is 0.477 e. The highest BCUT2D eigenvalue weighted by molar-refractivity contribution is 6.34. The molecule has 0 aliphatic carbocycles. The predicted molar refractivity (Wildman–Crippen MR) is 41.7 cm³/mol. The number of hydrogen-bond donors (Lipinski definition) is 1. The van der Waals surface area contributed by atoms with Crippen LogP contribution in [0, 0.1) is 0 Å². The molecule has 12 heavy (non-hydrogen) atoms. The average Bonchev–Trinajstić information content (AvgIpc) is 1.98. The van der Waals surface area contributed by atoms with Crippen LogP contribution in [0.4, 0.5) is 0 Å². The summed E-state index contributed by atoms with van der Waals surface area (Å²) in [4.78, 5) is 25.0. The lowest BCUT2D eigenvalue weighted by atomic mass is 10.4. The Morgan fingerprint density at radius 2 is 1.92 bits per heavy atom. The number of hydrogen-bond acceptors (Lipinski definition) is 4. The summed E-state index contributed by atoms with van der Waals surface area (Å²) in [6.45, 7) is 5.94. The van der Waals surface area contributed by atoms with E-state index < -0.39 is 11.9 Å². The van der Waals surface area contributed by atoms with Crippen LogP contribution in [0.5, 0.6) is 0 Å². The molecule has 0 saturated carbocycles. The van der Waals surface area contributed by atoms with E-state index in [1.165, 1.54) is 13.8 Å². The van der Waals surface area contributed by atoms with E-state index in [4.69, 9.17) is 5.11 Å². The average molecular weight is 171 g/mol. The number of carboxylic acid groups (broad SMARTS) is 1. The zero-order chi connectivity index (χ0) is 9.72. The minimum Gasteiger partial charge on any atom is -0.477 e. The van der Waals surface area contributed by atoms with Gasteiger partial charge in [-0.05, 0) is 13.8 Å². The molecule has 0 bridgehead atoms. The van der Waals surface area contributed by atoms with Crippen molar-refractivity contribution in [2.45, 2.75) is 13.8 Å². The second kappa shape index (κ2) is 4.27. The monoisotopic (exact) mass is 171 g/mol. The molecule has 0 aromatic carbocycles. The molecule has 0 aromatic heterocycles. The van der Waals surface area contributed by atoms with Crippen LogP contribution < -0.4 is 0 Å². The lowest BCUT2D eigenvalue weighted by Crippen LogP contribution is -2.10. The van der Waals surface area contributed by atoms with Gasteiger partial charge in [0.1, 0.15) is 0 Å². The van der Waals surface area contributed by atoms with E-state index >= 15 is 0 Å². The number of oxime groups is 1. The molecule has 0 saturated heterocycles. The molecule has 0 heterocycles. The topological polar surface area (TPSA) is 76.0 Å². The quantitative estimate of drug-likeness (QED) is 0.291. The van der Waals surface area contributed by atoms with Crippen molar-refractivity contribution in [2.24, 2.45) is 5.16 Å². The third-order valence-corrected chi connectivity index (χ3v) is 0.923. The molecule has 0 amide bonds. The van der Waals surface area contributed by atoms with Crippen molar-refractivity contribution in [2.75, 3.05) is 0 Å². The zero-order valence-corrected chi connectivity index (χ0v) is 6.83. The van der Waals surface area contributed by atoms with Crippen molar-refractivity contribution < 1.29 is 19.5 Å². The standard InChI is InChI=1S/C7H9NO4/c1-4(2)7(11)12-8-5(3)6(9)10/h1H2,2-3H3,(H,9,10). The number of carboxylic acids is 1. The molecule has 0 aromatic rings. The first-order valence-electron chi connectivity index (χ1n) is 3.10. The lowest BCUT2D eigenvalue weighted by Gasteiger charge is -1.95. The highest BCUT2D eigenvalue weighted by atomic mass is 16.7. The van der Waals surface area contributed by atoms with Gasteiger partial charge in [0.15, 0.2) is 5.71 Å². The number of aliphatic carboxylic acids is 1. The summed E-state index contributed by atoms with van der Waals surface area (Å²) < 4.78 is 0. The van der Waals surface area contributed by atoms with Crippen molar-refractivity contribution in [3.05, 3.63) is 12.2 Å². The zero-order valence-electron chi connectivity index (χ0n) is 6.83. The molecule has 5 heteroatoms. The first kappa shape index (κ1) is 10.3. The molecule has 0 aliphatic heterocycles. The van der Waals surface area contributed by atoms with E-state index in [1.807, 2.05) is 0 Å². The SMILES string of the molecule is C=C(C)C(=O)ON=C(C)C(=O)O. The van der Waals surface area contributed by atoms with Gasteiger partial charge in [0.2, 0.25) is 0 Å². The molecule has 1 N–H and O–H groups in total. The van der Waals surface area contributed by atoms with Crippen LogP contribution in [0.1, 0.15) is 13.8 Å². The minimum absolute atomic E-state index is 0.164. The van der Waals surface area contributed by atoms with E-state index in [1.54, 1.807) is 0 Å². The highest BCUT2D eigenvalue weighted by Crippen LogP contribution is 1.92. The van der Waals surface area contributed by atoms with Crippen molar-refractivity contribution in [1.82, 2.24) is 0 Å². The second-order valence-corrected chi connectivity index (χ2v) is 2.14. The lowest BCUT2D eigenvalue weighted by molar-refractivity contribution is -0.139. The summed E-state index contributed by atoms with van der Waals surface area (Å²) in [5.74, 6) is -1.97. The summed E-state index contributed by atoms with van der Waals surface area (Å²) in [6.07, 6.45) is 0. The Morgan fingerprint density at radius 3 is 2.25 bits per heavy atom. The number of carbonyl (C=O) groups excluding carboxylic acids is 1. The fourth-order valence-electron chi connectivity index (χ4n) is 0.227. The van der Waals surface area contributed by atoms with Crippen LogP contribution in [0.15, 0.2) is 17.3 Å². The summed E-state index contributed by atoms with van der Waals surface area (Å²) in [5.41, 5.74) is -0.124. The molecule has 0 aliphatic rings. The molecule has 0 atom stereocenters. The van der Waals surface area contributed by atoms with Gasteiger partial charge in [-0.3, -0.25) is 0 Å².